The summed E-state index contributed by atoms with van der Waals surface area (Å²) in [4.78, 5) is 0. The highest BCUT2D eigenvalue weighted by Gasteiger charge is 2.31. The fraction of sp³-hybridized carbons (Fsp3) is 0.636. The van der Waals surface area contributed by atoms with Crippen LogP contribution in [-0.2, 0) is 4.74 Å². The molecule has 13 heavy (non-hydrogen) atoms. The molecule has 0 N–H and O–H groups in total. The van der Waals surface area contributed by atoms with Crippen molar-refractivity contribution in [1.82, 2.24) is 0 Å². The second-order valence-corrected chi connectivity index (χ2v) is 5.24. The van der Waals surface area contributed by atoms with Gasteiger partial charge in [-0.15, -0.1) is 0 Å². The zero-order valence-corrected chi connectivity index (χ0v) is 10.5. The van der Waals surface area contributed by atoms with Gasteiger partial charge in [-0.2, -0.15) is 0 Å². The van der Waals surface area contributed by atoms with Crippen LogP contribution < -0.4 is 0 Å². The third-order valence-corrected chi connectivity index (χ3v) is 2.77. The van der Waals surface area contributed by atoms with E-state index in [4.69, 9.17) is 4.74 Å². The minimum Gasteiger partial charge on any atom is -0.373 e. The maximum absolute atomic E-state index is 5.76. The maximum Gasteiger partial charge on any atom is 0.0813 e. The van der Waals surface area contributed by atoms with E-state index in [1.165, 1.54) is 5.57 Å². The van der Waals surface area contributed by atoms with Crippen molar-refractivity contribution in [2.24, 2.45) is 5.41 Å². The Kier molecular flexibility index (Phi) is 3.98. The maximum atomic E-state index is 5.76. The molecular weight excluding hydrogens is 275 g/mol. The lowest BCUT2D eigenvalue weighted by Gasteiger charge is -2.35. The quantitative estimate of drug-likeness (QED) is 0.572. The van der Waals surface area contributed by atoms with Crippen LogP contribution in [0.25, 0.3) is 0 Å². The molecule has 0 aromatic carbocycles. The largest absolute Gasteiger partial charge is 0.373 e. The molecule has 0 saturated carbocycles. The topological polar surface area (TPSA) is 9.23 Å². The first-order valence-electron chi connectivity index (χ1n) is 4.60. The summed E-state index contributed by atoms with van der Waals surface area (Å²) in [6.45, 7) is 9.29. The Morgan fingerprint density at radius 1 is 1.69 bits per heavy atom. The highest BCUT2D eigenvalue weighted by atomic mass is 127. The van der Waals surface area contributed by atoms with Gasteiger partial charge in [0.2, 0.25) is 0 Å². The zero-order valence-electron chi connectivity index (χ0n) is 8.35. The van der Waals surface area contributed by atoms with Gasteiger partial charge in [-0.1, -0.05) is 60.7 Å². The van der Waals surface area contributed by atoms with Gasteiger partial charge in [0, 0.05) is 4.43 Å². The Morgan fingerprint density at radius 3 is 2.92 bits per heavy atom. The molecule has 1 aliphatic carbocycles. The molecule has 0 aromatic rings. The first kappa shape index (κ1) is 11.2. The molecule has 1 rings (SSSR count). The van der Waals surface area contributed by atoms with E-state index in [-0.39, 0.29) is 11.5 Å². The van der Waals surface area contributed by atoms with Gasteiger partial charge in [0.25, 0.3) is 0 Å². The van der Waals surface area contributed by atoms with Crippen molar-refractivity contribution in [2.75, 3.05) is 11.0 Å². The summed E-state index contributed by atoms with van der Waals surface area (Å²) in [5, 5.41) is 0. The Balaban J connectivity index is 2.61. The number of allylic oxidation sites excluding steroid dienone is 2. The van der Waals surface area contributed by atoms with E-state index < -0.39 is 0 Å². The average Bonchev–Trinajstić information content (AvgIpc) is 2.01. The minimum atomic E-state index is 0.206. The predicted molar refractivity (Wildman–Crippen MR) is 65.3 cm³/mol. The number of ether oxygens (including phenoxy) is 1. The normalized spacial score (nSPS) is 26.4. The molecule has 1 unspecified atom stereocenters. The second-order valence-electron chi connectivity index (χ2n) is 4.16. The molecule has 0 radical (unpaired) electrons. The van der Waals surface area contributed by atoms with Crippen LogP contribution in [0.3, 0.4) is 0 Å². The zero-order chi connectivity index (χ0) is 9.90. The molecule has 1 atom stereocenters. The van der Waals surface area contributed by atoms with Crippen LogP contribution in [0.4, 0.5) is 0 Å². The lowest BCUT2D eigenvalue weighted by atomic mass is 9.77. The summed E-state index contributed by atoms with van der Waals surface area (Å²) in [7, 11) is 0. The van der Waals surface area contributed by atoms with Crippen molar-refractivity contribution >= 4 is 22.6 Å². The van der Waals surface area contributed by atoms with Gasteiger partial charge in [-0.25, -0.2) is 0 Å². The monoisotopic (exact) mass is 292 g/mol. The summed E-state index contributed by atoms with van der Waals surface area (Å²) >= 11 is 2.33. The molecule has 74 valence electrons. The van der Waals surface area contributed by atoms with E-state index in [0.29, 0.717) is 0 Å². The van der Waals surface area contributed by atoms with Gasteiger partial charge in [-0.3, -0.25) is 0 Å². The molecule has 0 amide bonds. The number of halogens is 1. The first-order valence-corrected chi connectivity index (χ1v) is 6.12. The number of hydrogen-bond acceptors (Lipinski definition) is 1. The van der Waals surface area contributed by atoms with Gasteiger partial charge in [-0.05, 0) is 11.8 Å². The number of hydrogen-bond donors (Lipinski definition) is 0. The van der Waals surface area contributed by atoms with Gasteiger partial charge in [0.1, 0.15) is 0 Å². The Hall–Kier alpha value is 0.170. The lowest BCUT2D eigenvalue weighted by Crippen LogP contribution is -2.33. The first-order chi connectivity index (χ1) is 6.06. The summed E-state index contributed by atoms with van der Waals surface area (Å²) in [6, 6.07) is 0. The van der Waals surface area contributed by atoms with Crippen molar-refractivity contribution in [1.29, 1.82) is 0 Å². The third kappa shape index (κ3) is 3.09. The Bertz CT molecular complexity index is 218. The highest BCUT2D eigenvalue weighted by Crippen LogP contribution is 2.35. The smallest absolute Gasteiger partial charge is 0.0813 e. The molecule has 0 fully saturated rings. The third-order valence-electron chi connectivity index (χ3n) is 2.33. The van der Waals surface area contributed by atoms with Crippen LogP contribution >= 0.6 is 22.6 Å². The van der Waals surface area contributed by atoms with E-state index in [1.807, 2.05) is 0 Å². The van der Waals surface area contributed by atoms with Gasteiger partial charge >= 0.3 is 0 Å². The van der Waals surface area contributed by atoms with E-state index in [9.17, 15) is 0 Å². The average molecular weight is 292 g/mol. The summed E-state index contributed by atoms with van der Waals surface area (Å²) in [6.07, 6.45) is 5.52. The predicted octanol–water partition coefficient (Wildman–Crippen LogP) is 3.35. The van der Waals surface area contributed by atoms with E-state index in [1.54, 1.807) is 0 Å². The van der Waals surface area contributed by atoms with Crippen LogP contribution in [0.5, 0.6) is 0 Å². The second kappa shape index (κ2) is 4.60. The molecule has 1 nitrogen and oxygen atoms in total. The molecule has 0 saturated heterocycles. The lowest BCUT2D eigenvalue weighted by molar-refractivity contribution is 0.0132. The van der Waals surface area contributed by atoms with E-state index in [0.717, 1.165) is 17.5 Å². The molecule has 0 heterocycles. The van der Waals surface area contributed by atoms with Gasteiger partial charge in [0.05, 0.1) is 12.7 Å². The van der Waals surface area contributed by atoms with Crippen LogP contribution in [-0.4, -0.2) is 17.1 Å². The van der Waals surface area contributed by atoms with Crippen molar-refractivity contribution in [3.8, 4) is 0 Å². The molecular formula is C11H17IO. The molecule has 2 heteroatoms. The summed E-state index contributed by atoms with van der Waals surface area (Å²) in [5.74, 6) is 0. The standard InChI is InChI=1S/C11H17IO/c1-9-4-5-10(13-7-6-12)11(2,3)8-9/h4-5,10H,1,6-8H2,2-3H3. The minimum absolute atomic E-state index is 0.206. The van der Waals surface area contributed by atoms with Gasteiger partial charge < -0.3 is 4.74 Å². The summed E-state index contributed by atoms with van der Waals surface area (Å²) in [5.41, 5.74) is 1.41. The Morgan fingerprint density at radius 2 is 2.38 bits per heavy atom. The van der Waals surface area contributed by atoms with Crippen molar-refractivity contribution in [3.63, 3.8) is 0 Å². The molecule has 0 spiro atoms. The summed E-state index contributed by atoms with van der Waals surface area (Å²) < 4.78 is 6.81. The van der Waals surface area contributed by atoms with Crippen molar-refractivity contribution < 1.29 is 4.74 Å². The Labute approximate surface area is 94.4 Å². The van der Waals surface area contributed by atoms with Crippen molar-refractivity contribution in [3.05, 3.63) is 24.3 Å². The van der Waals surface area contributed by atoms with Gasteiger partial charge in [0.15, 0.2) is 0 Å². The molecule has 0 aromatic heterocycles. The van der Waals surface area contributed by atoms with Crippen LogP contribution in [0, 0.1) is 5.41 Å². The molecule has 1 aliphatic rings. The number of alkyl halides is 1. The molecule has 0 bridgehead atoms. The molecule has 0 aliphatic heterocycles. The van der Waals surface area contributed by atoms with Crippen LogP contribution in [0.15, 0.2) is 24.3 Å². The van der Waals surface area contributed by atoms with Crippen molar-refractivity contribution in [2.45, 2.75) is 26.4 Å². The number of rotatable bonds is 3. The van der Waals surface area contributed by atoms with Crippen LogP contribution in [0.2, 0.25) is 0 Å². The van der Waals surface area contributed by atoms with Crippen LogP contribution in [0.1, 0.15) is 20.3 Å². The van der Waals surface area contributed by atoms with E-state index in [2.05, 4.69) is 55.2 Å². The fourth-order valence-corrected chi connectivity index (χ4v) is 1.94. The fourth-order valence-electron chi connectivity index (χ4n) is 1.68. The van der Waals surface area contributed by atoms with E-state index >= 15 is 0 Å². The SMILES string of the molecule is C=C1C=CC(OCCI)C(C)(C)C1. The highest BCUT2D eigenvalue weighted by molar-refractivity contribution is 14.1.